The largest absolute Gasteiger partial charge is 0.365 e. The molecule has 1 heterocycles. The molecule has 2 aliphatic rings. The average Bonchev–Trinajstić information content (AvgIpc) is 3.59. The summed E-state index contributed by atoms with van der Waals surface area (Å²) in [5.41, 5.74) is 4.57. The second-order valence-corrected chi connectivity index (χ2v) is 11.8. The molecule has 5 nitrogen and oxygen atoms in total. The molecule has 1 aromatic heterocycles. The van der Waals surface area contributed by atoms with Crippen molar-refractivity contribution in [2.24, 2.45) is 11.8 Å². The van der Waals surface area contributed by atoms with Crippen molar-refractivity contribution in [3.05, 3.63) is 82.4 Å². The van der Waals surface area contributed by atoms with Crippen LogP contribution in [0.5, 0.6) is 0 Å². The quantitative estimate of drug-likeness (QED) is 0.264. The summed E-state index contributed by atoms with van der Waals surface area (Å²) in [7, 11) is 0. The summed E-state index contributed by atoms with van der Waals surface area (Å²) >= 11 is 0. The maximum absolute atomic E-state index is 13.4. The Bertz CT molecular complexity index is 1210. The zero-order chi connectivity index (χ0) is 25.9. The molecule has 3 aromatic rings. The van der Waals surface area contributed by atoms with E-state index in [-0.39, 0.29) is 5.78 Å². The highest BCUT2D eigenvalue weighted by molar-refractivity contribution is 5.81. The van der Waals surface area contributed by atoms with Crippen LogP contribution in [-0.4, -0.2) is 20.5 Å². The molecule has 0 amide bonds. The van der Waals surface area contributed by atoms with Crippen LogP contribution in [0.4, 0.5) is 0 Å². The summed E-state index contributed by atoms with van der Waals surface area (Å²) in [4.78, 5) is 13.4. The predicted molar refractivity (Wildman–Crippen MR) is 146 cm³/mol. The van der Waals surface area contributed by atoms with Crippen molar-refractivity contribution < 1.29 is 9.53 Å². The molecule has 2 aliphatic carbocycles. The third kappa shape index (κ3) is 6.38. The second-order valence-electron chi connectivity index (χ2n) is 11.8. The Morgan fingerprint density at radius 1 is 1.05 bits per heavy atom. The summed E-state index contributed by atoms with van der Waals surface area (Å²) in [5.74, 6) is 4.15. The number of hydrogen-bond donors (Lipinski definition) is 0. The molecule has 5 rings (SSSR count). The summed E-state index contributed by atoms with van der Waals surface area (Å²) in [6.45, 7) is 9.24. The number of ether oxygens (including phenoxy) is 1. The molecule has 37 heavy (non-hydrogen) atoms. The highest BCUT2D eigenvalue weighted by Gasteiger charge is 2.40. The van der Waals surface area contributed by atoms with Crippen LogP contribution in [0.3, 0.4) is 0 Å². The molecule has 2 aromatic carbocycles. The number of hydrogen-bond acceptors (Lipinski definition) is 4. The molecule has 2 fully saturated rings. The smallest absolute Gasteiger partial charge is 0.163 e. The Morgan fingerprint density at radius 2 is 1.81 bits per heavy atom. The Kier molecular flexibility index (Phi) is 7.89. The van der Waals surface area contributed by atoms with Gasteiger partial charge in [0.15, 0.2) is 5.82 Å². The van der Waals surface area contributed by atoms with Crippen LogP contribution in [0.25, 0.3) is 0 Å². The van der Waals surface area contributed by atoms with Gasteiger partial charge in [0.25, 0.3) is 0 Å². The predicted octanol–water partition coefficient (Wildman–Crippen LogP) is 7.23. The molecule has 5 heteroatoms. The monoisotopic (exact) mass is 499 g/mol. The number of carbonyl (C=O) groups excluding carboxylic acids is 1. The molecule has 0 aliphatic heterocycles. The van der Waals surface area contributed by atoms with Crippen LogP contribution in [0.2, 0.25) is 0 Å². The lowest BCUT2D eigenvalue weighted by Gasteiger charge is -2.36. The first kappa shape index (κ1) is 25.8. The zero-order valence-electron chi connectivity index (χ0n) is 22.8. The number of rotatable bonds is 12. The fraction of sp³-hybridized carbons (Fsp3) is 0.531. The van der Waals surface area contributed by atoms with Crippen LogP contribution < -0.4 is 0 Å². The highest BCUT2D eigenvalue weighted by atomic mass is 16.5. The van der Waals surface area contributed by atoms with Crippen molar-refractivity contribution in [3.63, 3.8) is 0 Å². The first-order valence-corrected chi connectivity index (χ1v) is 14.1. The fourth-order valence-electron chi connectivity index (χ4n) is 5.86. The summed E-state index contributed by atoms with van der Waals surface area (Å²) in [6.07, 6.45) is 6.33. The van der Waals surface area contributed by atoms with Crippen LogP contribution in [-0.2, 0) is 22.6 Å². The van der Waals surface area contributed by atoms with Gasteiger partial charge < -0.3 is 9.30 Å². The van der Waals surface area contributed by atoms with Crippen LogP contribution in [0.1, 0.15) is 104 Å². The molecule has 0 unspecified atom stereocenters. The van der Waals surface area contributed by atoms with Crippen molar-refractivity contribution in [1.29, 1.82) is 0 Å². The summed E-state index contributed by atoms with van der Waals surface area (Å²) < 4.78 is 8.82. The first-order valence-electron chi connectivity index (χ1n) is 14.1. The highest BCUT2D eigenvalue weighted by Crippen LogP contribution is 2.48. The lowest BCUT2D eigenvalue weighted by molar-refractivity contribution is -0.122. The van der Waals surface area contributed by atoms with E-state index in [0.717, 1.165) is 47.5 Å². The van der Waals surface area contributed by atoms with Gasteiger partial charge in [-0.15, -0.1) is 10.2 Å². The Labute approximate surface area is 221 Å². The molecule has 0 bridgehead atoms. The summed E-state index contributed by atoms with van der Waals surface area (Å²) in [6, 6.07) is 16.9. The lowest BCUT2D eigenvalue weighted by Crippen LogP contribution is -2.26. The van der Waals surface area contributed by atoms with Gasteiger partial charge in [-0.25, -0.2) is 0 Å². The van der Waals surface area contributed by atoms with Gasteiger partial charge in [-0.1, -0.05) is 67.9 Å². The number of benzene rings is 2. The van der Waals surface area contributed by atoms with Crippen molar-refractivity contribution in [3.8, 4) is 0 Å². The van der Waals surface area contributed by atoms with Crippen molar-refractivity contribution >= 4 is 5.78 Å². The van der Waals surface area contributed by atoms with Crippen molar-refractivity contribution in [1.82, 2.24) is 14.8 Å². The SMILES string of the molecule is Cc1ccc(CC(=O)C[C@H](OCc2ccccc2)c2nnc(C3CC(CC(C)C)C3)n2C2CC2)c(C)c1. The minimum Gasteiger partial charge on any atom is -0.365 e. The Morgan fingerprint density at radius 3 is 2.49 bits per heavy atom. The van der Waals surface area contributed by atoms with Gasteiger partial charge in [0, 0.05) is 24.8 Å². The number of aryl methyl sites for hydroxylation is 2. The van der Waals surface area contributed by atoms with Crippen molar-refractivity contribution in [2.45, 2.75) is 97.3 Å². The van der Waals surface area contributed by atoms with E-state index in [0.29, 0.717) is 31.4 Å². The first-order chi connectivity index (χ1) is 17.9. The Hall–Kier alpha value is -2.79. The molecule has 0 saturated heterocycles. The fourth-order valence-corrected chi connectivity index (χ4v) is 5.86. The normalized spacial score (nSPS) is 20.1. The van der Waals surface area contributed by atoms with E-state index in [2.05, 4.69) is 62.6 Å². The summed E-state index contributed by atoms with van der Waals surface area (Å²) in [5, 5.41) is 9.43. The topological polar surface area (TPSA) is 57.0 Å². The average molecular weight is 500 g/mol. The molecule has 0 spiro atoms. The third-order valence-electron chi connectivity index (χ3n) is 7.95. The minimum atomic E-state index is -0.396. The Balaban J connectivity index is 1.36. The molecule has 196 valence electrons. The minimum absolute atomic E-state index is 0.178. The maximum atomic E-state index is 13.4. The number of ketones is 1. The van der Waals surface area contributed by atoms with Gasteiger partial charge in [-0.3, -0.25) is 4.79 Å². The van der Waals surface area contributed by atoms with Gasteiger partial charge in [-0.05, 0) is 74.5 Å². The van der Waals surface area contributed by atoms with Gasteiger partial charge in [0.2, 0.25) is 0 Å². The zero-order valence-corrected chi connectivity index (χ0v) is 22.8. The molecule has 0 radical (unpaired) electrons. The van der Waals surface area contributed by atoms with E-state index in [9.17, 15) is 4.79 Å². The van der Waals surface area contributed by atoms with Crippen molar-refractivity contribution in [2.75, 3.05) is 0 Å². The molecular weight excluding hydrogens is 458 g/mol. The number of aromatic nitrogens is 3. The van der Waals surface area contributed by atoms with Gasteiger partial charge in [0.05, 0.1) is 6.61 Å². The van der Waals surface area contributed by atoms with Gasteiger partial charge in [0.1, 0.15) is 17.7 Å². The lowest BCUT2D eigenvalue weighted by atomic mass is 9.71. The van der Waals surface area contributed by atoms with E-state index in [1.54, 1.807) is 0 Å². The number of nitrogens with zero attached hydrogens (tertiary/aromatic N) is 3. The maximum Gasteiger partial charge on any atom is 0.163 e. The van der Waals surface area contributed by atoms with E-state index >= 15 is 0 Å². The van der Waals surface area contributed by atoms with E-state index in [1.807, 2.05) is 18.2 Å². The molecule has 0 N–H and O–H groups in total. The van der Waals surface area contributed by atoms with Gasteiger partial charge in [-0.2, -0.15) is 0 Å². The van der Waals surface area contributed by atoms with Crippen LogP contribution in [0, 0.1) is 25.7 Å². The van der Waals surface area contributed by atoms with Crippen LogP contribution in [0.15, 0.2) is 48.5 Å². The van der Waals surface area contributed by atoms with Gasteiger partial charge >= 0.3 is 0 Å². The number of carbonyl (C=O) groups is 1. The van der Waals surface area contributed by atoms with E-state index in [1.165, 1.54) is 30.4 Å². The second kappa shape index (κ2) is 11.3. The standard InChI is InChI=1S/C32H41N3O2/c1-21(2)14-25-16-27(17-25)31-33-34-32(35(31)28-12-13-28)30(37-20-24-8-6-5-7-9-24)19-29(36)18-26-11-10-22(3)15-23(26)4/h5-11,15,21,25,27-28,30H,12-14,16-20H2,1-4H3/t25?,27?,30-/m0/s1. The number of Topliss-reactive ketones (excluding diaryl/α,β-unsaturated/α-hetero) is 1. The molecule has 2 saturated carbocycles. The van der Waals surface area contributed by atoms with Crippen LogP contribution >= 0.6 is 0 Å². The van der Waals surface area contributed by atoms with E-state index in [4.69, 9.17) is 14.9 Å². The third-order valence-corrected chi connectivity index (χ3v) is 7.95. The molecule has 1 atom stereocenters. The van der Waals surface area contributed by atoms with E-state index < -0.39 is 6.10 Å². The molecular formula is C32H41N3O2.